The molecule has 0 heterocycles. The lowest BCUT2D eigenvalue weighted by Crippen LogP contribution is -2.08. The van der Waals surface area contributed by atoms with Crippen molar-refractivity contribution in [3.8, 4) is 0 Å². The van der Waals surface area contributed by atoms with Crippen LogP contribution in [-0.2, 0) is 43.8 Å². The van der Waals surface area contributed by atoms with Crippen LogP contribution in [0.3, 0.4) is 0 Å². The van der Waals surface area contributed by atoms with Gasteiger partial charge in [0.2, 0.25) is 0 Å². The molecule has 0 aliphatic carbocycles. The van der Waals surface area contributed by atoms with Crippen LogP contribution in [0.4, 0.5) is 0 Å². The SMILES string of the molecule is C=CC(=O)OCCCOP(=O)(OCCCOC(=O)C=C)OCc1ccccc1. The van der Waals surface area contributed by atoms with E-state index < -0.39 is 19.8 Å². The summed E-state index contributed by atoms with van der Waals surface area (Å²) in [6.07, 6.45) is 2.71. The Bertz CT molecular complexity index is 640. The number of ether oxygens (including phenoxy) is 2. The molecule has 0 aliphatic heterocycles. The second-order valence-electron chi connectivity index (χ2n) is 5.32. The molecule has 0 radical (unpaired) electrons. The Morgan fingerprint density at radius 1 is 0.821 bits per heavy atom. The minimum atomic E-state index is -3.85. The molecule has 0 unspecified atom stereocenters. The van der Waals surface area contributed by atoms with Crippen LogP contribution in [0.1, 0.15) is 18.4 Å². The quantitative estimate of drug-likeness (QED) is 0.187. The number of rotatable bonds is 15. The van der Waals surface area contributed by atoms with Crippen LogP contribution >= 0.6 is 7.82 Å². The van der Waals surface area contributed by atoms with Crippen LogP contribution in [0.5, 0.6) is 0 Å². The molecule has 0 amide bonds. The van der Waals surface area contributed by atoms with E-state index in [9.17, 15) is 14.2 Å². The van der Waals surface area contributed by atoms with Gasteiger partial charge in [-0.2, -0.15) is 0 Å². The Morgan fingerprint density at radius 2 is 1.32 bits per heavy atom. The van der Waals surface area contributed by atoms with Gasteiger partial charge in [0.1, 0.15) is 0 Å². The van der Waals surface area contributed by atoms with Crippen molar-refractivity contribution in [2.24, 2.45) is 0 Å². The van der Waals surface area contributed by atoms with Gasteiger partial charge >= 0.3 is 19.8 Å². The Balaban J connectivity index is 2.46. The summed E-state index contributed by atoms with van der Waals surface area (Å²) in [6, 6.07) is 9.13. The van der Waals surface area contributed by atoms with Gasteiger partial charge in [-0.1, -0.05) is 43.5 Å². The van der Waals surface area contributed by atoms with E-state index in [4.69, 9.17) is 23.0 Å². The Hall–Kier alpha value is -2.25. The van der Waals surface area contributed by atoms with Crippen molar-refractivity contribution in [2.75, 3.05) is 26.4 Å². The van der Waals surface area contributed by atoms with Gasteiger partial charge in [0.05, 0.1) is 33.0 Å². The summed E-state index contributed by atoms with van der Waals surface area (Å²) in [6.45, 7) is 6.79. The van der Waals surface area contributed by atoms with Gasteiger partial charge in [0, 0.05) is 25.0 Å². The molecule has 1 rings (SSSR count). The fourth-order valence-electron chi connectivity index (χ4n) is 1.77. The predicted molar refractivity (Wildman–Crippen MR) is 102 cm³/mol. The van der Waals surface area contributed by atoms with Crippen LogP contribution in [0.15, 0.2) is 55.6 Å². The van der Waals surface area contributed by atoms with Gasteiger partial charge in [-0.05, 0) is 5.56 Å². The van der Waals surface area contributed by atoms with E-state index in [1.807, 2.05) is 30.3 Å². The third-order valence-corrected chi connectivity index (χ3v) is 4.57. The van der Waals surface area contributed by atoms with Crippen LogP contribution < -0.4 is 0 Å². The zero-order valence-corrected chi connectivity index (χ0v) is 16.5. The number of phosphoric ester groups is 1. The predicted octanol–water partition coefficient (Wildman–Crippen LogP) is 3.58. The molecule has 0 fully saturated rings. The third-order valence-electron chi connectivity index (χ3n) is 3.13. The highest BCUT2D eigenvalue weighted by atomic mass is 31.2. The fourth-order valence-corrected chi connectivity index (χ4v) is 3.01. The van der Waals surface area contributed by atoms with Gasteiger partial charge in [-0.25, -0.2) is 14.2 Å². The number of phosphoric acid groups is 1. The Morgan fingerprint density at radius 3 is 1.79 bits per heavy atom. The van der Waals surface area contributed by atoms with E-state index in [0.29, 0.717) is 12.8 Å². The summed E-state index contributed by atoms with van der Waals surface area (Å²) >= 11 is 0. The lowest BCUT2D eigenvalue weighted by atomic mass is 10.2. The molecular formula is C19H25O8P. The topological polar surface area (TPSA) is 97.4 Å². The number of hydrogen-bond donors (Lipinski definition) is 0. The number of hydrogen-bond acceptors (Lipinski definition) is 8. The average molecular weight is 412 g/mol. The first-order valence-corrected chi connectivity index (χ1v) is 10.1. The second kappa shape index (κ2) is 13.8. The first-order valence-electron chi connectivity index (χ1n) is 8.65. The van der Waals surface area contributed by atoms with Crippen molar-refractivity contribution in [1.82, 2.24) is 0 Å². The zero-order valence-electron chi connectivity index (χ0n) is 15.6. The summed E-state index contributed by atoms with van der Waals surface area (Å²) in [5.41, 5.74) is 0.801. The summed E-state index contributed by atoms with van der Waals surface area (Å²) in [5.74, 6) is -1.09. The van der Waals surface area contributed by atoms with Gasteiger partial charge in [-0.15, -0.1) is 0 Å². The van der Waals surface area contributed by atoms with Crippen LogP contribution in [0, 0.1) is 0 Å². The number of benzene rings is 1. The van der Waals surface area contributed by atoms with Crippen LogP contribution in [0.25, 0.3) is 0 Å². The maximum atomic E-state index is 12.8. The van der Waals surface area contributed by atoms with Crippen molar-refractivity contribution < 1.29 is 37.2 Å². The molecule has 0 bridgehead atoms. The molecule has 1 aromatic rings. The van der Waals surface area contributed by atoms with E-state index in [-0.39, 0.29) is 33.0 Å². The van der Waals surface area contributed by atoms with E-state index in [1.54, 1.807) is 0 Å². The maximum Gasteiger partial charge on any atom is 0.475 e. The molecule has 28 heavy (non-hydrogen) atoms. The smallest absolute Gasteiger partial charge is 0.462 e. The van der Waals surface area contributed by atoms with Gasteiger partial charge < -0.3 is 9.47 Å². The van der Waals surface area contributed by atoms with E-state index in [1.165, 1.54) is 0 Å². The van der Waals surface area contributed by atoms with Crippen LogP contribution in [-0.4, -0.2) is 38.4 Å². The van der Waals surface area contributed by atoms with Gasteiger partial charge in [-0.3, -0.25) is 13.6 Å². The molecule has 0 aliphatic rings. The van der Waals surface area contributed by atoms with Gasteiger partial charge in [0.15, 0.2) is 0 Å². The van der Waals surface area contributed by atoms with Crippen molar-refractivity contribution in [2.45, 2.75) is 19.4 Å². The lowest BCUT2D eigenvalue weighted by Gasteiger charge is -2.18. The summed E-state index contributed by atoms with van der Waals surface area (Å²) in [5, 5.41) is 0. The third kappa shape index (κ3) is 10.8. The monoisotopic (exact) mass is 412 g/mol. The number of esters is 2. The van der Waals surface area contributed by atoms with Crippen molar-refractivity contribution in [3.05, 3.63) is 61.2 Å². The summed E-state index contributed by atoms with van der Waals surface area (Å²) in [7, 11) is -3.85. The standard InChI is InChI=1S/C19H25O8P/c1-3-18(20)23-12-8-14-25-28(22,26-15-9-13-24-19(21)4-2)27-16-17-10-6-5-7-11-17/h3-7,10-11H,1-2,8-9,12-16H2. The molecule has 8 nitrogen and oxygen atoms in total. The first-order chi connectivity index (χ1) is 13.5. The molecule has 0 N–H and O–H groups in total. The molecule has 0 aromatic heterocycles. The van der Waals surface area contributed by atoms with Crippen molar-refractivity contribution in [3.63, 3.8) is 0 Å². The molecular weight excluding hydrogens is 387 g/mol. The Labute approximate surface area is 164 Å². The largest absolute Gasteiger partial charge is 0.475 e. The normalized spacial score (nSPS) is 10.9. The minimum Gasteiger partial charge on any atom is -0.462 e. The van der Waals surface area contributed by atoms with Crippen LogP contribution in [0.2, 0.25) is 0 Å². The van der Waals surface area contributed by atoms with E-state index >= 15 is 0 Å². The number of carbonyl (C=O) groups is 2. The summed E-state index contributed by atoms with van der Waals surface area (Å²) in [4.78, 5) is 22.0. The fraction of sp³-hybridized carbons (Fsp3) is 0.368. The molecule has 9 heteroatoms. The molecule has 0 spiro atoms. The highest BCUT2D eigenvalue weighted by molar-refractivity contribution is 7.48. The molecule has 0 atom stereocenters. The average Bonchev–Trinajstić information content (AvgIpc) is 2.72. The highest BCUT2D eigenvalue weighted by Crippen LogP contribution is 2.50. The maximum absolute atomic E-state index is 12.8. The number of carbonyl (C=O) groups excluding carboxylic acids is 2. The van der Waals surface area contributed by atoms with Crippen molar-refractivity contribution >= 4 is 19.8 Å². The lowest BCUT2D eigenvalue weighted by molar-refractivity contribution is -0.138. The van der Waals surface area contributed by atoms with Crippen molar-refractivity contribution in [1.29, 1.82) is 0 Å². The van der Waals surface area contributed by atoms with E-state index in [0.717, 1.165) is 17.7 Å². The Kier molecular flexibility index (Phi) is 11.8. The summed E-state index contributed by atoms with van der Waals surface area (Å²) < 4.78 is 38.4. The zero-order chi connectivity index (χ0) is 20.7. The minimum absolute atomic E-state index is 0.00192. The molecule has 0 saturated heterocycles. The molecule has 0 saturated carbocycles. The van der Waals surface area contributed by atoms with E-state index in [2.05, 4.69) is 13.2 Å². The second-order valence-corrected chi connectivity index (χ2v) is 6.99. The first kappa shape index (κ1) is 23.8. The molecule has 1 aromatic carbocycles. The molecule has 154 valence electrons. The van der Waals surface area contributed by atoms with Gasteiger partial charge in [0.25, 0.3) is 0 Å². The highest BCUT2D eigenvalue weighted by Gasteiger charge is 2.26.